The van der Waals surface area contributed by atoms with E-state index < -0.39 is 0 Å². The summed E-state index contributed by atoms with van der Waals surface area (Å²) in [5.41, 5.74) is 3.18. The first-order valence-electron chi connectivity index (χ1n) is 7.45. The Morgan fingerprint density at radius 1 is 1.18 bits per heavy atom. The molecule has 1 aliphatic rings. The number of hydrogen-bond donors (Lipinski definition) is 1. The number of benzene rings is 2. The molecule has 1 heterocycles. The van der Waals surface area contributed by atoms with Crippen molar-refractivity contribution in [2.24, 2.45) is 0 Å². The van der Waals surface area contributed by atoms with Gasteiger partial charge >= 0.3 is 0 Å². The maximum absolute atomic E-state index is 12.0. The van der Waals surface area contributed by atoms with E-state index in [2.05, 4.69) is 39.4 Å². The Morgan fingerprint density at radius 2 is 2.00 bits per heavy atom. The van der Waals surface area contributed by atoms with Crippen LogP contribution in [0, 0.1) is 0 Å². The molecule has 0 saturated heterocycles. The predicted molar refractivity (Wildman–Crippen MR) is 91.9 cm³/mol. The standard InChI is InChI=1S/C18H18BrNO2/c19-9-4-10-22-14-7-8-17-16(11-14)15(12-18(21)20-17)13-5-2-1-3-6-13/h1-3,5-8,11,15H,4,9-10,12H2,(H,20,21). The van der Waals surface area contributed by atoms with E-state index in [1.807, 2.05) is 30.3 Å². The van der Waals surface area contributed by atoms with E-state index in [9.17, 15) is 4.79 Å². The Morgan fingerprint density at radius 3 is 2.77 bits per heavy atom. The average Bonchev–Trinajstić information content (AvgIpc) is 2.55. The van der Waals surface area contributed by atoms with Crippen LogP contribution in [0.25, 0.3) is 0 Å². The van der Waals surface area contributed by atoms with E-state index in [0.29, 0.717) is 13.0 Å². The van der Waals surface area contributed by atoms with Crippen LogP contribution in [0.3, 0.4) is 0 Å². The Hall–Kier alpha value is -1.81. The highest BCUT2D eigenvalue weighted by Gasteiger charge is 2.26. The van der Waals surface area contributed by atoms with Crippen LogP contribution in [0.2, 0.25) is 0 Å². The molecule has 3 nitrogen and oxygen atoms in total. The Kier molecular flexibility index (Phi) is 4.78. The number of ether oxygens (including phenoxy) is 1. The minimum Gasteiger partial charge on any atom is -0.494 e. The quantitative estimate of drug-likeness (QED) is 0.637. The fourth-order valence-electron chi connectivity index (χ4n) is 2.76. The summed E-state index contributed by atoms with van der Waals surface area (Å²) in [5, 5.41) is 3.88. The van der Waals surface area contributed by atoms with Crippen LogP contribution in [-0.4, -0.2) is 17.8 Å². The number of nitrogens with one attached hydrogen (secondary N) is 1. The third-order valence-electron chi connectivity index (χ3n) is 3.81. The summed E-state index contributed by atoms with van der Waals surface area (Å²) in [6, 6.07) is 16.1. The van der Waals surface area contributed by atoms with Crippen molar-refractivity contribution in [2.45, 2.75) is 18.8 Å². The second-order valence-corrected chi connectivity index (χ2v) is 6.15. The lowest BCUT2D eigenvalue weighted by Crippen LogP contribution is -2.23. The number of hydrogen-bond acceptors (Lipinski definition) is 2. The van der Waals surface area contributed by atoms with Gasteiger partial charge in [0.25, 0.3) is 0 Å². The number of alkyl halides is 1. The molecule has 1 atom stereocenters. The molecule has 0 bridgehead atoms. The molecule has 22 heavy (non-hydrogen) atoms. The summed E-state index contributed by atoms with van der Waals surface area (Å²) < 4.78 is 5.78. The van der Waals surface area contributed by atoms with Gasteiger partial charge in [0.15, 0.2) is 0 Å². The zero-order valence-corrected chi connectivity index (χ0v) is 13.8. The molecule has 0 aromatic heterocycles. The first-order chi connectivity index (χ1) is 10.8. The maximum Gasteiger partial charge on any atom is 0.225 e. The molecule has 2 aromatic carbocycles. The highest BCUT2D eigenvalue weighted by Crippen LogP contribution is 2.38. The van der Waals surface area contributed by atoms with Crippen molar-refractivity contribution in [3.8, 4) is 5.75 Å². The molecular formula is C18H18BrNO2. The molecule has 1 aliphatic heterocycles. The third-order valence-corrected chi connectivity index (χ3v) is 4.37. The summed E-state index contributed by atoms with van der Waals surface area (Å²) in [4.78, 5) is 12.0. The molecule has 114 valence electrons. The minimum atomic E-state index is 0.0642. The van der Waals surface area contributed by atoms with Crippen LogP contribution in [-0.2, 0) is 4.79 Å². The van der Waals surface area contributed by atoms with Gasteiger partial charge in [0.05, 0.1) is 6.61 Å². The van der Waals surface area contributed by atoms with E-state index in [0.717, 1.165) is 34.3 Å². The first-order valence-corrected chi connectivity index (χ1v) is 8.57. The van der Waals surface area contributed by atoms with Gasteiger partial charge in [-0.25, -0.2) is 0 Å². The average molecular weight is 360 g/mol. The third kappa shape index (κ3) is 3.33. The number of carbonyl (C=O) groups excluding carboxylic acids is 1. The fraction of sp³-hybridized carbons (Fsp3) is 0.278. The van der Waals surface area contributed by atoms with Gasteiger partial charge in [0.1, 0.15) is 5.75 Å². The number of rotatable bonds is 5. The van der Waals surface area contributed by atoms with Crippen molar-refractivity contribution >= 4 is 27.5 Å². The van der Waals surface area contributed by atoms with Crippen molar-refractivity contribution in [3.05, 3.63) is 59.7 Å². The van der Waals surface area contributed by atoms with Gasteiger partial charge in [-0.2, -0.15) is 0 Å². The van der Waals surface area contributed by atoms with Crippen LogP contribution >= 0.6 is 15.9 Å². The van der Waals surface area contributed by atoms with E-state index in [4.69, 9.17) is 4.74 Å². The number of halogens is 1. The summed E-state index contributed by atoms with van der Waals surface area (Å²) >= 11 is 3.40. The highest BCUT2D eigenvalue weighted by atomic mass is 79.9. The molecule has 0 fully saturated rings. The number of carbonyl (C=O) groups is 1. The Labute approximate surface area is 138 Å². The fourth-order valence-corrected chi connectivity index (χ4v) is 2.99. The predicted octanol–water partition coefficient (Wildman–Crippen LogP) is 4.32. The van der Waals surface area contributed by atoms with Crippen molar-refractivity contribution < 1.29 is 9.53 Å². The van der Waals surface area contributed by atoms with Crippen LogP contribution in [0.4, 0.5) is 5.69 Å². The Bertz CT molecular complexity index is 657. The molecule has 1 N–H and O–H groups in total. The van der Waals surface area contributed by atoms with Gasteiger partial charge < -0.3 is 10.1 Å². The molecule has 0 saturated carbocycles. The summed E-state index contributed by atoms with van der Waals surface area (Å²) in [7, 11) is 0. The van der Waals surface area contributed by atoms with Gasteiger partial charge in [0, 0.05) is 23.4 Å². The van der Waals surface area contributed by atoms with Gasteiger partial charge in [-0.3, -0.25) is 4.79 Å². The second kappa shape index (κ2) is 6.97. The summed E-state index contributed by atoms with van der Waals surface area (Å²) in [5.74, 6) is 1.01. The molecule has 0 aliphatic carbocycles. The molecule has 0 spiro atoms. The number of amides is 1. The molecule has 0 radical (unpaired) electrons. The van der Waals surface area contributed by atoms with Crippen molar-refractivity contribution in [1.82, 2.24) is 0 Å². The smallest absolute Gasteiger partial charge is 0.225 e. The van der Waals surface area contributed by atoms with E-state index >= 15 is 0 Å². The van der Waals surface area contributed by atoms with E-state index in [-0.39, 0.29) is 11.8 Å². The lowest BCUT2D eigenvalue weighted by Gasteiger charge is -2.26. The molecule has 3 rings (SSSR count). The van der Waals surface area contributed by atoms with Crippen LogP contribution in [0.15, 0.2) is 48.5 Å². The maximum atomic E-state index is 12.0. The Balaban J connectivity index is 1.92. The molecule has 1 unspecified atom stereocenters. The van der Waals surface area contributed by atoms with Crippen molar-refractivity contribution in [2.75, 3.05) is 17.3 Å². The minimum absolute atomic E-state index is 0.0642. The number of fused-ring (bicyclic) bond motifs is 1. The summed E-state index contributed by atoms with van der Waals surface area (Å²) in [6.45, 7) is 0.687. The summed E-state index contributed by atoms with van der Waals surface area (Å²) in [6.07, 6.45) is 1.44. The first kappa shape index (κ1) is 15.1. The monoisotopic (exact) mass is 359 g/mol. The zero-order chi connectivity index (χ0) is 15.4. The van der Waals surface area contributed by atoms with Crippen LogP contribution < -0.4 is 10.1 Å². The topological polar surface area (TPSA) is 38.3 Å². The highest BCUT2D eigenvalue weighted by molar-refractivity contribution is 9.09. The van der Waals surface area contributed by atoms with Crippen molar-refractivity contribution in [1.29, 1.82) is 0 Å². The molecule has 4 heteroatoms. The number of anilines is 1. The lowest BCUT2D eigenvalue weighted by atomic mass is 9.85. The zero-order valence-electron chi connectivity index (χ0n) is 12.2. The van der Waals surface area contributed by atoms with Crippen molar-refractivity contribution in [3.63, 3.8) is 0 Å². The van der Waals surface area contributed by atoms with Gasteiger partial charge in [-0.15, -0.1) is 0 Å². The van der Waals surface area contributed by atoms with Gasteiger partial charge in [0.2, 0.25) is 5.91 Å². The van der Waals surface area contributed by atoms with Gasteiger partial charge in [-0.05, 0) is 35.7 Å². The molecule has 2 aromatic rings. The van der Waals surface area contributed by atoms with Crippen LogP contribution in [0.1, 0.15) is 29.9 Å². The normalized spacial score (nSPS) is 16.8. The molecular weight excluding hydrogens is 342 g/mol. The van der Waals surface area contributed by atoms with Gasteiger partial charge in [-0.1, -0.05) is 46.3 Å². The molecule has 1 amide bonds. The SMILES string of the molecule is O=C1CC(c2ccccc2)c2cc(OCCCBr)ccc2N1. The largest absolute Gasteiger partial charge is 0.494 e. The van der Waals surface area contributed by atoms with Crippen LogP contribution in [0.5, 0.6) is 5.75 Å². The second-order valence-electron chi connectivity index (χ2n) is 5.36. The van der Waals surface area contributed by atoms with E-state index in [1.54, 1.807) is 0 Å². The lowest BCUT2D eigenvalue weighted by molar-refractivity contribution is -0.116. The van der Waals surface area contributed by atoms with E-state index in [1.165, 1.54) is 0 Å².